The van der Waals surface area contributed by atoms with E-state index in [0.717, 1.165) is 50.6 Å². The van der Waals surface area contributed by atoms with Gasteiger partial charge in [0.15, 0.2) is 5.96 Å². The van der Waals surface area contributed by atoms with Crippen molar-refractivity contribution in [3.63, 3.8) is 0 Å². The number of ether oxygens (including phenoxy) is 1. The largest absolute Gasteiger partial charge is 0.378 e. The van der Waals surface area contributed by atoms with Gasteiger partial charge in [-0.3, -0.25) is 0 Å². The lowest BCUT2D eigenvalue weighted by Crippen LogP contribution is -2.47. The summed E-state index contributed by atoms with van der Waals surface area (Å²) in [6.07, 6.45) is 2.45. The monoisotopic (exact) mass is 449 g/mol. The third-order valence-corrected chi connectivity index (χ3v) is 4.11. The molecule has 0 atom stereocenters. The molecule has 0 saturated carbocycles. The van der Waals surface area contributed by atoms with Crippen LogP contribution in [-0.4, -0.2) is 43.2 Å². The molecular weight excluding hydrogens is 420 g/mol. The van der Waals surface area contributed by atoms with E-state index < -0.39 is 0 Å². The second kappa shape index (κ2) is 10.9. The fourth-order valence-corrected chi connectivity index (χ4v) is 2.87. The summed E-state index contributed by atoms with van der Waals surface area (Å²) >= 11 is 0. The fourth-order valence-electron chi connectivity index (χ4n) is 2.87. The number of hydrogen-bond acceptors (Lipinski definition) is 2. The van der Waals surface area contributed by atoms with Crippen molar-refractivity contribution in [1.82, 2.24) is 10.2 Å². The van der Waals surface area contributed by atoms with Gasteiger partial charge in [0.1, 0.15) is 5.82 Å². The van der Waals surface area contributed by atoms with Crippen molar-refractivity contribution in [3.8, 4) is 0 Å². The number of benzene rings is 1. The lowest BCUT2D eigenvalue weighted by molar-refractivity contribution is 0.0263. The molecule has 0 spiro atoms. The topological polar surface area (TPSA) is 36.9 Å². The van der Waals surface area contributed by atoms with Gasteiger partial charge in [-0.1, -0.05) is 12.1 Å². The maximum atomic E-state index is 13.3. The van der Waals surface area contributed by atoms with Crippen molar-refractivity contribution >= 4 is 29.9 Å². The van der Waals surface area contributed by atoms with Gasteiger partial charge in [0, 0.05) is 26.2 Å². The lowest BCUT2D eigenvalue weighted by atomic mass is 10.1. The summed E-state index contributed by atoms with van der Waals surface area (Å²) in [6, 6.07) is 5.18. The molecule has 0 bridgehead atoms. The highest BCUT2D eigenvalue weighted by Crippen LogP contribution is 2.15. The van der Waals surface area contributed by atoms with Crippen LogP contribution in [0.15, 0.2) is 23.2 Å². The van der Waals surface area contributed by atoms with Crippen molar-refractivity contribution < 1.29 is 9.13 Å². The average molecular weight is 449 g/mol. The van der Waals surface area contributed by atoms with Crippen molar-refractivity contribution in [2.24, 2.45) is 4.99 Å². The molecule has 2 rings (SSSR count). The van der Waals surface area contributed by atoms with E-state index >= 15 is 0 Å². The van der Waals surface area contributed by atoms with Crippen molar-refractivity contribution in [2.45, 2.75) is 46.3 Å². The van der Waals surface area contributed by atoms with E-state index in [1.807, 2.05) is 13.0 Å². The first-order chi connectivity index (χ1) is 11.1. The molecule has 4 nitrogen and oxygen atoms in total. The molecule has 1 fully saturated rings. The summed E-state index contributed by atoms with van der Waals surface area (Å²) in [5.41, 5.74) is 1.70. The zero-order valence-corrected chi connectivity index (χ0v) is 17.2. The number of rotatable bonds is 5. The van der Waals surface area contributed by atoms with Crippen molar-refractivity contribution in [3.05, 3.63) is 35.1 Å². The molecule has 1 aromatic carbocycles. The number of halogens is 2. The molecule has 1 heterocycles. The first-order valence-corrected chi connectivity index (χ1v) is 8.54. The van der Waals surface area contributed by atoms with Crippen LogP contribution in [0, 0.1) is 12.7 Å². The lowest BCUT2D eigenvalue weighted by Gasteiger charge is -2.34. The van der Waals surface area contributed by atoms with E-state index in [1.165, 1.54) is 6.07 Å². The number of piperidine rings is 1. The van der Waals surface area contributed by atoms with Crippen molar-refractivity contribution in [1.29, 1.82) is 0 Å². The number of likely N-dealkylation sites (tertiary alicyclic amines) is 1. The van der Waals surface area contributed by atoms with Crippen LogP contribution in [0.4, 0.5) is 4.39 Å². The number of nitrogens with one attached hydrogen (secondary N) is 1. The summed E-state index contributed by atoms with van der Waals surface area (Å²) < 4.78 is 19.0. The summed E-state index contributed by atoms with van der Waals surface area (Å²) in [7, 11) is 0. The third kappa shape index (κ3) is 6.20. The van der Waals surface area contributed by atoms with Gasteiger partial charge in [-0.2, -0.15) is 0 Å². The fraction of sp³-hybridized carbons (Fsp3) is 0.611. The molecule has 0 aromatic heterocycles. The van der Waals surface area contributed by atoms with Gasteiger partial charge >= 0.3 is 0 Å². The summed E-state index contributed by atoms with van der Waals surface area (Å²) in [4.78, 5) is 7.00. The number of aliphatic imine (C=N–C) groups is 1. The number of nitrogens with zero attached hydrogens (tertiary/aromatic N) is 2. The van der Waals surface area contributed by atoms with E-state index in [9.17, 15) is 4.39 Å². The van der Waals surface area contributed by atoms with E-state index in [4.69, 9.17) is 9.73 Å². The maximum Gasteiger partial charge on any atom is 0.194 e. The van der Waals surface area contributed by atoms with Crippen LogP contribution in [-0.2, 0) is 11.3 Å². The normalized spacial score (nSPS) is 16.0. The maximum absolute atomic E-state index is 13.3. The standard InChI is InChI=1S/C18H28FN3O.HI/c1-4-20-18(22-10-8-16(9-11-22)23-5-2)21-13-15-6-7-17(19)14(3)12-15;/h6-7,12,16H,4-5,8-11,13H2,1-3H3,(H,20,21);1H. The van der Waals surface area contributed by atoms with Crippen molar-refractivity contribution in [2.75, 3.05) is 26.2 Å². The zero-order valence-electron chi connectivity index (χ0n) is 14.8. The Morgan fingerprint density at radius 3 is 2.62 bits per heavy atom. The van der Waals surface area contributed by atoms with Crippen LogP contribution in [0.3, 0.4) is 0 Å². The van der Waals surface area contributed by atoms with E-state index in [2.05, 4.69) is 17.1 Å². The average Bonchev–Trinajstić information content (AvgIpc) is 2.56. The van der Waals surface area contributed by atoms with Crippen LogP contribution in [0.25, 0.3) is 0 Å². The predicted octanol–water partition coefficient (Wildman–Crippen LogP) is 3.72. The zero-order chi connectivity index (χ0) is 16.7. The molecule has 6 heteroatoms. The second-order valence-electron chi connectivity index (χ2n) is 5.90. The van der Waals surface area contributed by atoms with E-state index in [1.54, 1.807) is 13.0 Å². The Kier molecular flexibility index (Phi) is 9.58. The molecule has 1 aromatic rings. The van der Waals surface area contributed by atoms with Crippen LogP contribution in [0.1, 0.15) is 37.8 Å². The Bertz CT molecular complexity index is 531. The minimum Gasteiger partial charge on any atom is -0.378 e. The van der Waals surface area contributed by atoms with Gasteiger partial charge in [0.05, 0.1) is 12.6 Å². The highest BCUT2D eigenvalue weighted by atomic mass is 127. The van der Waals surface area contributed by atoms with Crippen LogP contribution >= 0.6 is 24.0 Å². The van der Waals surface area contributed by atoms with Gasteiger partial charge in [0.2, 0.25) is 0 Å². The predicted molar refractivity (Wildman–Crippen MR) is 108 cm³/mol. The Hall–Kier alpha value is -0.890. The Labute approximate surface area is 161 Å². The Balaban J connectivity index is 0.00000288. The first kappa shape index (κ1) is 21.2. The van der Waals surface area contributed by atoms with Gasteiger partial charge < -0.3 is 15.0 Å². The van der Waals surface area contributed by atoms with Gasteiger partial charge in [-0.25, -0.2) is 9.38 Å². The quantitative estimate of drug-likeness (QED) is 0.423. The smallest absolute Gasteiger partial charge is 0.194 e. The molecule has 1 aliphatic heterocycles. The molecule has 1 N–H and O–H groups in total. The first-order valence-electron chi connectivity index (χ1n) is 8.54. The number of hydrogen-bond donors (Lipinski definition) is 1. The molecule has 136 valence electrons. The SMILES string of the molecule is CCNC(=NCc1ccc(F)c(C)c1)N1CCC(OCC)CC1.I. The third-order valence-electron chi connectivity index (χ3n) is 4.11. The highest BCUT2D eigenvalue weighted by Gasteiger charge is 2.21. The van der Waals surface area contributed by atoms with Gasteiger partial charge in [-0.15, -0.1) is 24.0 Å². The highest BCUT2D eigenvalue weighted by molar-refractivity contribution is 14.0. The van der Waals surface area contributed by atoms with E-state index in [-0.39, 0.29) is 29.8 Å². The van der Waals surface area contributed by atoms with Gasteiger partial charge in [0.25, 0.3) is 0 Å². The minimum atomic E-state index is -0.164. The van der Waals surface area contributed by atoms with Crippen LogP contribution in [0.5, 0.6) is 0 Å². The summed E-state index contributed by atoms with van der Waals surface area (Å²) in [5, 5.41) is 3.36. The second-order valence-corrected chi connectivity index (χ2v) is 5.90. The van der Waals surface area contributed by atoms with E-state index in [0.29, 0.717) is 18.2 Å². The Morgan fingerprint density at radius 2 is 2.04 bits per heavy atom. The minimum absolute atomic E-state index is 0. The summed E-state index contributed by atoms with van der Waals surface area (Å²) in [5.74, 6) is 0.770. The van der Waals surface area contributed by atoms with Crippen LogP contribution in [0.2, 0.25) is 0 Å². The summed E-state index contributed by atoms with van der Waals surface area (Å²) in [6.45, 7) is 10.0. The van der Waals surface area contributed by atoms with Gasteiger partial charge in [-0.05, 0) is 50.8 Å². The number of guanidine groups is 1. The van der Waals surface area contributed by atoms with Crippen LogP contribution < -0.4 is 5.32 Å². The molecule has 1 saturated heterocycles. The Morgan fingerprint density at radius 1 is 1.33 bits per heavy atom. The molecule has 0 amide bonds. The molecule has 0 aliphatic carbocycles. The molecule has 0 unspecified atom stereocenters. The number of aryl methyl sites for hydroxylation is 1. The molecule has 24 heavy (non-hydrogen) atoms. The molecule has 1 aliphatic rings. The molecule has 0 radical (unpaired) electrons. The molecular formula is C18H29FIN3O.